The lowest BCUT2D eigenvalue weighted by molar-refractivity contribution is -0.143. The highest BCUT2D eigenvalue weighted by molar-refractivity contribution is 5.69. The van der Waals surface area contributed by atoms with Gasteiger partial charge in [-0.25, -0.2) is 0 Å². The lowest BCUT2D eigenvalue weighted by Gasteiger charge is -2.20. The van der Waals surface area contributed by atoms with Crippen LogP contribution in [0, 0.1) is 11.8 Å². The largest absolute Gasteiger partial charge is 0.466 e. The Morgan fingerprint density at radius 1 is 1.32 bits per heavy atom. The van der Waals surface area contributed by atoms with Gasteiger partial charge in [-0.1, -0.05) is 50.5 Å². The summed E-state index contributed by atoms with van der Waals surface area (Å²) in [5, 5.41) is 19.9. The lowest BCUT2D eigenvalue weighted by atomic mass is 9.88. The van der Waals surface area contributed by atoms with E-state index >= 15 is 0 Å². The van der Waals surface area contributed by atoms with Crippen LogP contribution in [0.2, 0.25) is 0 Å². The van der Waals surface area contributed by atoms with Crippen molar-refractivity contribution in [3.05, 3.63) is 24.3 Å². The van der Waals surface area contributed by atoms with Gasteiger partial charge in [0.05, 0.1) is 18.8 Å². The standard InChI is InChI=1S/C18H30O4/c1-3-5-6-7-15(19)10-8-14-9-12-17(20)16(14)11-13-18(21)22-4-2/h8-10,12,14-17,19-20H,3-7,11,13H2,1-2H3/t14-,15?,16-,17+/m0/s1. The maximum atomic E-state index is 11.4. The third kappa shape index (κ3) is 6.75. The molecule has 0 amide bonds. The molecule has 0 fully saturated rings. The van der Waals surface area contributed by atoms with Gasteiger partial charge >= 0.3 is 5.97 Å². The van der Waals surface area contributed by atoms with Crippen LogP contribution < -0.4 is 0 Å². The maximum absolute atomic E-state index is 11.4. The van der Waals surface area contributed by atoms with Gasteiger partial charge in [0.15, 0.2) is 0 Å². The molecule has 4 heteroatoms. The van der Waals surface area contributed by atoms with Gasteiger partial charge in [0.25, 0.3) is 0 Å². The molecule has 4 atom stereocenters. The minimum atomic E-state index is -0.527. The van der Waals surface area contributed by atoms with Gasteiger partial charge in [-0.2, -0.15) is 0 Å². The van der Waals surface area contributed by atoms with Crippen molar-refractivity contribution >= 4 is 5.97 Å². The molecule has 0 aromatic rings. The van der Waals surface area contributed by atoms with Gasteiger partial charge in [-0.3, -0.25) is 4.79 Å². The number of hydrogen-bond acceptors (Lipinski definition) is 4. The maximum Gasteiger partial charge on any atom is 0.305 e. The molecular formula is C18H30O4. The predicted octanol–water partition coefficient (Wildman–Crippen LogP) is 2.99. The number of hydrogen-bond donors (Lipinski definition) is 2. The van der Waals surface area contributed by atoms with Crippen molar-refractivity contribution in [3.8, 4) is 0 Å². The fraction of sp³-hybridized carbons (Fsp3) is 0.722. The molecule has 2 N–H and O–H groups in total. The normalized spacial score (nSPS) is 25.7. The number of rotatable bonds is 10. The first kappa shape index (κ1) is 18.9. The summed E-state index contributed by atoms with van der Waals surface area (Å²) in [4.78, 5) is 11.4. The highest BCUT2D eigenvalue weighted by Gasteiger charge is 2.29. The lowest BCUT2D eigenvalue weighted by Crippen LogP contribution is -2.21. The topological polar surface area (TPSA) is 66.8 Å². The van der Waals surface area contributed by atoms with E-state index in [1.807, 2.05) is 18.2 Å². The van der Waals surface area contributed by atoms with E-state index in [0.29, 0.717) is 19.4 Å². The molecule has 0 aliphatic heterocycles. The van der Waals surface area contributed by atoms with E-state index in [2.05, 4.69) is 6.92 Å². The summed E-state index contributed by atoms with van der Waals surface area (Å²) in [5.74, 6) is -0.155. The van der Waals surface area contributed by atoms with Gasteiger partial charge in [0.2, 0.25) is 0 Å². The molecule has 1 unspecified atom stereocenters. The van der Waals surface area contributed by atoms with E-state index in [9.17, 15) is 15.0 Å². The number of esters is 1. The Morgan fingerprint density at radius 3 is 2.77 bits per heavy atom. The Balaban J connectivity index is 2.43. The highest BCUT2D eigenvalue weighted by Crippen LogP contribution is 2.31. The van der Waals surface area contributed by atoms with E-state index in [0.717, 1.165) is 25.7 Å². The van der Waals surface area contributed by atoms with E-state index in [4.69, 9.17) is 4.74 Å². The van der Waals surface area contributed by atoms with E-state index < -0.39 is 12.2 Å². The summed E-state index contributed by atoms with van der Waals surface area (Å²) in [6.45, 7) is 4.31. The number of allylic oxidation sites excluding steroid dienone is 2. The molecule has 1 aliphatic carbocycles. The van der Waals surface area contributed by atoms with Gasteiger partial charge < -0.3 is 14.9 Å². The van der Waals surface area contributed by atoms with Crippen LogP contribution in [0.25, 0.3) is 0 Å². The van der Waals surface area contributed by atoms with Crippen LogP contribution >= 0.6 is 0 Å². The highest BCUT2D eigenvalue weighted by atomic mass is 16.5. The number of aliphatic hydroxyl groups excluding tert-OH is 2. The number of aliphatic hydroxyl groups is 2. The SMILES string of the molecule is CCCCCC(O)C=C[C@H]1C=C[C@@H](O)[C@H]1CCC(=O)OCC. The minimum Gasteiger partial charge on any atom is -0.466 e. The summed E-state index contributed by atoms with van der Waals surface area (Å²) in [6.07, 6.45) is 11.5. The van der Waals surface area contributed by atoms with Crippen LogP contribution in [0.15, 0.2) is 24.3 Å². The summed E-state index contributed by atoms with van der Waals surface area (Å²) >= 11 is 0. The Morgan fingerprint density at radius 2 is 2.09 bits per heavy atom. The first-order chi connectivity index (χ1) is 10.6. The molecular weight excluding hydrogens is 280 g/mol. The molecule has 0 radical (unpaired) electrons. The molecule has 0 heterocycles. The average molecular weight is 310 g/mol. The van der Waals surface area contributed by atoms with Crippen LogP contribution in [0.3, 0.4) is 0 Å². The second-order valence-corrected chi connectivity index (χ2v) is 5.91. The van der Waals surface area contributed by atoms with Crippen LogP contribution in [0.4, 0.5) is 0 Å². The molecule has 0 bridgehead atoms. The number of ether oxygens (including phenoxy) is 1. The van der Waals surface area contributed by atoms with Crippen molar-refractivity contribution in [1.29, 1.82) is 0 Å². The molecule has 0 spiro atoms. The third-order valence-electron chi connectivity index (χ3n) is 4.11. The van der Waals surface area contributed by atoms with Crippen molar-refractivity contribution in [2.24, 2.45) is 11.8 Å². The zero-order valence-electron chi connectivity index (χ0n) is 13.8. The number of carbonyl (C=O) groups excluding carboxylic acids is 1. The fourth-order valence-corrected chi connectivity index (χ4v) is 2.80. The fourth-order valence-electron chi connectivity index (χ4n) is 2.80. The van der Waals surface area contributed by atoms with Gasteiger partial charge in [0.1, 0.15) is 0 Å². The summed E-state index contributed by atoms with van der Waals surface area (Å²) < 4.78 is 4.93. The molecule has 1 aliphatic rings. The number of carbonyl (C=O) groups is 1. The van der Waals surface area contributed by atoms with E-state index in [-0.39, 0.29) is 17.8 Å². The van der Waals surface area contributed by atoms with Crippen molar-refractivity contribution < 1.29 is 19.7 Å². The summed E-state index contributed by atoms with van der Waals surface area (Å²) in [5.41, 5.74) is 0. The zero-order chi connectivity index (χ0) is 16.4. The smallest absolute Gasteiger partial charge is 0.305 e. The molecule has 0 saturated carbocycles. The van der Waals surface area contributed by atoms with Crippen molar-refractivity contribution in [2.75, 3.05) is 6.61 Å². The second kappa shape index (κ2) is 10.6. The van der Waals surface area contributed by atoms with Gasteiger partial charge in [-0.05, 0) is 25.7 Å². The first-order valence-electron chi connectivity index (χ1n) is 8.46. The van der Waals surface area contributed by atoms with E-state index in [1.165, 1.54) is 0 Å². The quantitative estimate of drug-likeness (QED) is 0.370. The molecule has 0 aromatic carbocycles. The van der Waals surface area contributed by atoms with Crippen molar-refractivity contribution in [1.82, 2.24) is 0 Å². The Bertz CT molecular complexity index is 375. The van der Waals surface area contributed by atoms with Crippen molar-refractivity contribution in [2.45, 2.75) is 64.6 Å². The average Bonchev–Trinajstić information content (AvgIpc) is 2.84. The first-order valence-corrected chi connectivity index (χ1v) is 8.46. The van der Waals surface area contributed by atoms with Crippen LogP contribution in [0.5, 0.6) is 0 Å². The molecule has 1 rings (SSSR count). The molecule has 4 nitrogen and oxygen atoms in total. The molecule has 0 aromatic heterocycles. The summed E-state index contributed by atoms with van der Waals surface area (Å²) in [6, 6.07) is 0. The zero-order valence-corrected chi connectivity index (χ0v) is 13.8. The van der Waals surface area contributed by atoms with Gasteiger partial charge in [0, 0.05) is 12.3 Å². The molecule has 0 saturated heterocycles. The van der Waals surface area contributed by atoms with Crippen LogP contribution in [-0.2, 0) is 9.53 Å². The van der Waals surface area contributed by atoms with Crippen LogP contribution in [0.1, 0.15) is 52.4 Å². The molecule has 22 heavy (non-hydrogen) atoms. The van der Waals surface area contributed by atoms with E-state index in [1.54, 1.807) is 13.0 Å². The second-order valence-electron chi connectivity index (χ2n) is 5.91. The minimum absolute atomic E-state index is 0.0107. The van der Waals surface area contributed by atoms with Crippen molar-refractivity contribution in [3.63, 3.8) is 0 Å². The van der Waals surface area contributed by atoms with Crippen LogP contribution in [-0.4, -0.2) is 35.0 Å². The Hall–Kier alpha value is -1.13. The van der Waals surface area contributed by atoms with Gasteiger partial charge in [-0.15, -0.1) is 0 Å². The Kier molecular flexibility index (Phi) is 9.09. The molecule has 126 valence electrons. The third-order valence-corrected chi connectivity index (χ3v) is 4.11. The monoisotopic (exact) mass is 310 g/mol. The number of unbranched alkanes of at least 4 members (excludes halogenated alkanes) is 2. The summed E-state index contributed by atoms with van der Waals surface area (Å²) in [7, 11) is 0. The Labute approximate surface area is 133 Å². The predicted molar refractivity (Wildman–Crippen MR) is 87.3 cm³/mol.